The fourth-order valence-electron chi connectivity index (χ4n) is 9.43. The van der Waals surface area contributed by atoms with Gasteiger partial charge in [-0.05, 0) is 119 Å². The van der Waals surface area contributed by atoms with Gasteiger partial charge in [-0.1, -0.05) is 224 Å². The van der Waals surface area contributed by atoms with Crippen LogP contribution in [0.15, 0.2) is 261 Å². The third kappa shape index (κ3) is 7.06. The maximum absolute atomic E-state index is 2.45. The second-order valence-corrected chi connectivity index (χ2v) is 16.0. The molecular formula is C62H43N. The van der Waals surface area contributed by atoms with Crippen molar-refractivity contribution in [1.29, 1.82) is 0 Å². The lowest BCUT2D eigenvalue weighted by molar-refractivity contribution is 1.30. The van der Waals surface area contributed by atoms with E-state index in [4.69, 9.17) is 0 Å². The van der Waals surface area contributed by atoms with Crippen molar-refractivity contribution in [2.75, 3.05) is 4.90 Å². The standard InChI is InChI=1S/C62H43N/c1-7-21-44(22-8-1)45-37-40-52(41-38-45)63(51-31-17-6-18-32-51)58-36-20-34-54-53(33-19-35-55(54)58)50-39-42-56-57(43-50)60(47-25-11-3-12-26-47)62(49-29-15-5-16-30-49)61(48-27-13-4-14-28-48)59(56)46-23-9-2-10-24-46/h1-43H. The fraction of sp³-hybridized carbons (Fsp3) is 0. The van der Waals surface area contributed by atoms with E-state index in [1.165, 1.54) is 88.3 Å². The molecule has 63 heavy (non-hydrogen) atoms. The molecular weight excluding hydrogens is 759 g/mol. The van der Waals surface area contributed by atoms with E-state index >= 15 is 0 Å². The molecule has 0 unspecified atom stereocenters. The van der Waals surface area contributed by atoms with Gasteiger partial charge < -0.3 is 4.90 Å². The zero-order valence-electron chi connectivity index (χ0n) is 34.8. The van der Waals surface area contributed by atoms with Gasteiger partial charge in [-0.25, -0.2) is 0 Å². The molecule has 0 aliphatic rings. The highest BCUT2D eigenvalue weighted by atomic mass is 15.1. The molecule has 0 fully saturated rings. The van der Waals surface area contributed by atoms with Crippen molar-refractivity contribution < 1.29 is 0 Å². The largest absolute Gasteiger partial charge is 0.310 e. The first-order valence-corrected chi connectivity index (χ1v) is 21.7. The third-order valence-electron chi connectivity index (χ3n) is 12.3. The molecule has 296 valence electrons. The van der Waals surface area contributed by atoms with Gasteiger partial charge in [0, 0.05) is 16.8 Å². The Labute approximate surface area is 369 Å². The highest BCUT2D eigenvalue weighted by molar-refractivity contribution is 6.19. The number of fused-ring (bicyclic) bond motifs is 2. The van der Waals surface area contributed by atoms with Crippen molar-refractivity contribution >= 4 is 38.6 Å². The van der Waals surface area contributed by atoms with Crippen molar-refractivity contribution in [3.8, 4) is 66.8 Å². The molecule has 11 aromatic carbocycles. The van der Waals surface area contributed by atoms with Crippen LogP contribution in [0.5, 0.6) is 0 Å². The molecule has 11 rings (SSSR count). The Morgan fingerprint density at radius 1 is 0.206 bits per heavy atom. The predicted molar refractivity (Wildman–Crippen MR) is 269 cm³/mol. The molecule has 0 atom stereocenters. The summed E-state index contributed by atoms with van der Waals surface area (Å²) in [5.41, 5.74) is 17.8. The molecule has 0 heterocycles. The summed E-state index contributed by atoms with van der Waals surface area (Å²) in [6.07, 6.45) is 0. The highest BCUT2D eigenvalue weighted by Crippen LogP contribution is 2.52. The first-order valence-electron chi connectivity index (χ1n) is 21.7. The van der Waals surface area contributed by atoms with Crippen molar-refractivity contribution in [2.24, 2.45) is 0 Å². The number of para-hydroxylation sites is 1. The lowest BCUT2D eigenvalue weighted by Crippen LogP contribution is -2.10. The molecule has 0 aromatic heterocycles. The van der Waals surface area contributed by atoms with Crippen molar-refractivity contribution in [1.82, 2.24) is 0 Å². The minimum atomic E-state index is 1.10. The van der Waals surface area contributed by atoms with E-state index in [-0.39, 0.29) is 0 Å². The maximum atomic E-state index is 2.45. The Kier molecular flexibility index (Phi) is 9.97. The summed E-state index contributed by atoms with van der Waals surface area (Å²) in [5.74, 6) is 0. The minimum absolute atomic E-state index is 1.10. The van der Waals surface area contributed by atoms with Crippen LogP contribution in [-0.4, -0.2) is 0 Å². The number of nitrogens with zero attached hydrogens (tertiary/aromatic N) is 1. The zero-order valence-corrected chi connectivity index (χ0v) is 34.8. The Bertz CT molecular complexity index is 3330. The van der Waals surface area contributed by atoms with Gasteiger partial charge in [0.1, 0.15) is 0 Å². The number of hydrogen-bond donors (Lipinski definition) is 0. The van der Waals surface area contributed by atoms with Gasteiger partial charge in [0.15, 0.2) is 0 Å². The van der Waals surface area contributed by atoms with Gasteiger partial charge in [-0.2, -0.15) is 0 Å². The smallest absolute Gasteiger partial charge is 0.0540 e. The van der Waals surface area contributed by atoms with Crippen LogP contribution in [-0.2, 0) is 0 Å². The Morgan fingerprint density at radius 3 is 1.14 bits per heavy atom. The monoisotopic (exact) mass is 801 g/mol. The summed E-state index contributed by atoms with van der Waals surface area (Å²) < 4.78 is 0. The SMILES string of the molecule is c1ccc(-c2ccc(N(c3ccccc3)c3cccc4c(-c5ccc6c(-c7ccccc7)c(-c7ccccc7)c(-c7ccccc7)c(-c7ccccc7)c6c5)cccc34)cc2)cc1. The molecule has 1 nitrogen and oxygen atoms in total. The second-order valence-electron chi connectivity index (χ2n) is 16.0. The molecule has 0 radical (unpaired) electrons. The van der Waals surface area contributed by atoms with Crippen molar-refractivity contribution in [3.05, 3.63) is 261 Å². The van der Waals surface area contributed by atoms with Gasteiger partial charge in [0.2, 0.25) is 0 Å². The van der Waals surface area contributed by atoms with E-state index in [0.717, 1.165) is 17.1 Å². The van der Waals surface area contributed by atoms with E-state index in [0.29, 0.717) is 0 Å². The van der Waals surface area contributed by atoms with Crippen LogP contribution in [0.25, 0.3) is 88.3 Å². The van der Waals surface area contributed by atoms with Gasteiger partial charge in [0.25, 0.3) is 0 Å². The molecule has 0 bridgehead atoms. The van der Waals surface area contributed by atoms with Crippen LogP contribution >= 0.6 is 0 Å². The molecule has 1 heteroatoms. The second kappa shape index (κ2) is 16.7. The summed E-state index contributed by atoms with van der Waals surface area (Å²) >= 11 is 0. The Morgan fingerprint density at radius 2 is 0.603 bits per heavy atom. The van der Waals surface area contributed by atoms with Gasteiger partial charge in [-0.15, -0.1) is 0 Å². The molecule has 11 aromatic rings. The Hall–Kier alpha value is -8.26. The van der Waals surface area contributed by atoms with Gasteiger partial charge >= 0.3 is 0 Å². The fourth-order valence-corrected chi connectivity index (χ4v) is 9.43. The lowest BCUT2D eigenvalue weighted by Gasteiger charge is -2.27. The molecule has 0 saturated heterocycles. The summed E-state index contributed by atoms with van der Waals surface area (Å²) in [6, 6.07) is 94.7. The van der Waals surface area contributed by atoms with Crippen molar-refractivity contribution in [2.45, 2.75) is 0 Å². The average Bonchev–Trinajstić information content (AvgIpc) is 3.37. The zero-order chi connectivity index (χ0) is 42.0. The first kappa shape index (κ1) is 37.7. The van der Waals surface area contributed by atoms with E-state index in [2.05, 4.69) is 266 Å². The van der Waals surface area contributed by atoms with Gasteiger partial charge in [0.05, 0.1) is 5.69 Å². The summed E-state index contributed by atoms with van der Waals surface area (Å²) in [4.78, 5) is 2.39. The molecule has 0 N–H and O–H groups in total. The molecule has 0 amide bonds. The van der Waals surface area contributed by atoms with Gasteiger partial charge in [-0.3, -0.25) is 0 Å². The topological polar surface area (TPSA) is 3.24 Å². The number of hydrogen-bond acceptors (Lipinski definition) is 1. The average molecular weight is 802 g/mol. The minimum Gasteiger partial charge on any atom is -0.310 e. The van der Waals surface area contributed by atoms with E-state index in [9.17, 15) is 0 Å². The van der Waals surface area contributed by atoms with Crippen LogP contribution in [0.2, 0.25) is 0 Å². The third-order valence-corrected chi connectivity index (χ3v) is 12.3. The van der Waals surface area contributed by atoms with E-state index < -0.39 is 0 Å². The van der Waals surface area contributed by atoms with Crippen LogP contribution in [0.1, 0.15) is 0 Å². The van der Waals surface area contributed by atoms with E-state index in [1.807, 2.05) is 0 Å². The molecule has 0 saturated carbocycles. The molecule has 0 aliphatic heterocycles. The molecule has 0 aliphatic carbocycles. The van der Waals surface area contributed by atoms with Crippen molar-refractivity contribution in [3.63, 3.8) is 0 Å². The predicted octanol–water partition coefficient (Wildman–Crippen LogP) is 17.5. The number of rotatable bonds is 9. The Balaban J connectivity index is 1.17. The quantitative estimate of drug-likeness (QED) is 0.141. The van der Waals surface area contributed by atoms with E-state index in [1.54, 1.807) is 0 Å². The van der Waals surface area contributed by atoms with Crippen LogP contribution in [0.4, 0.5) is 17.1 Å². The summed E-state index contributed by atoms with van der Waals surface area (Å²) in [5, 5.41) is 4.82. The lowest BCUT2D eigenvalue weighted by atomic mass is 9.78. The number of benzene rings is 11. The first-order chi connectivity index (χ1) is 31.3. The molecule has 0 spiro atoms. The van der Waals surface area contributed by atoms with Crippen LogP contribution < -0.4 is 4.90 Å². The summed E-state index contributed by atoms with van der Waals surface area (Å²) in [7, 11) is 0. The summed E-state index contributed by atoms with van der Waals surface area (Å²) in [6.45, 7) is 0. The highest BCUT2D eigenvalue weighted by Gasteiger charge is 2.25. The van der Waals surface area contributed by atoms with Crippen LogP contribution in [0, 0.1) is 0 Å². The normalized spacial score (nSPS) is 11.2. The van der Waals surface area contributed by atoms with Crippen LogP contribution in [0.3, 0.4) is 0 Å². The number of anilines is 3. The maximum Gasteiger partial charge on any atom is 0.0540 e.